The first-order chi connectivity index (χ1) is 26.0. The number of pyridine rings is 3. The number of ketones is 2. The lowest BCUT2D eigenvalue weighted by Crippen LogP contribution is -2.29. The van der Waals surface area contributed by atoms with Crippen molar-refractivity contribution in [1.29, 1.82) is 0 Å². The maximum atomic E-state index is 12.8. The van der Waals surface area contributed by atoms with Crippen LogP contribution in [0.3, 0.4) is 0 Å². The van der Waals surface area contributed by atoms with E-state index in [1.54, 1.807) is 27.7 Å². The number of hydrogen-bond acceptors (Lipinski definition) is 9. The van der Waals surface area contributed by atoms with Crippen molar-refractivity contribution in [3.8, 4) is 11.3 Å². The molecule has 0 saturated carbocycles. The Balaban J connectivity index is 0.000000234. The van der Waals surface area contributed by atoms with Gasteiger partial charge in [-0.1, -0.05) is 45.0 Å². The third-order valence-corrected chi connectivity index (χ3v) is 7.38. The number of aromatic carboxylic acids is 1. The summed E-state index contributed by atoms with van der Waals surface area (Å²) in [6.07, 6.45) is -3.39. The quantitative estimate of drug-likeness (QED) is 0.0706. The van der Waals surface area contributed by atoms with E-state index in [2.05, 4.69) is 25.0 Å². The number of anilines is 1. The second-order valence-corrected chi connectivity index (χ2v) is 12.6. The molecule has 5 aromatic rings. The van der Waals surface area contributed by atoms with Gasteiger partial charge in [0.15, 0.2) is 5.78 Å². The van der Waals surface area contributed by atoms with Gasteiger partial charge >= 0.3 is 24.3 Å². The van der Waals surface area contributed by atoms with Gasteiger partial charge in [-0.2, -0.15) is 26.3 Å². The van der Waals surface area contributed by atoms with Crippen molar-refractivity contribution < 1.29 is 60.2 Å². The number of carboxylic acids is 1. The van der Waals surface area contributed by atoms with E-state index in [9.17, 15) is 55.4 Å². The molecule has 2 N–H and O–H groups in total. The van der Waals surface area contributed by atoms with Gasteiger partial charge in [0.05, 0.1) is 45.8 Å². The molecule has 2 aromatic carbocycles. The number of hydrogen-bond donors (Lipinski definition) is 2. The van der Waals surface area contributed by atoms with E-state index in [0.717, 1.165) is 24.3 Å². The summed E-state index contributed by atoms with van der Waals surface area (Å²) in [5.41, 5.74) is -1.23. The fourth-order valence-corrected chi connectivity index (χ4v) is 4.46. The molecule has 0 radical (unpaired) electrons. The zero-order valence-electron chi connectivity index (χ0n) is 30.4. The lowest BCUT2D eigenvalue weighted by molar-refractivity contribution is -0.138. The number of nitrogens with zero attached hydrogens (tertiary/aromatic N) is 3. The summed E-state index contributed by atoms with van der Waals surface area (Å²) in [5, 5.41) is 12.3. The number of ether oxygens (including phenoxy) is 1. The van der Waals surface area contributed by atoms with Gasteiger partial charge in [-0.15, -0.1) is 0 Å². The number of carboxylic acid groups (broad SMARTS) is 1. The van der Waals surface area contributed by atoms with Gasteiger partial charge in [0.25, 0.3) is 5.78 Å². The molecule has 5 rings (SSSR count). The summed E-state index contributed by atoms with van der Waals surface area (Å²) >= 11 is 0. The maximum absolute atomic E-state index is 12.8. The summed E-state index contributed by atoms with van der Waals surface area (Å²) in [5.74, 6) is -3.62. The van der Waals surface area contributed by atoms with E-state index in [-0.39, 0.29) is 51.9 Å². The van der Waals surface area contributed by atoms with Crippen LogP contribution in [0.2, 0.25) is 0 Å². The fraction of sp³-hybridized carbons (Fsp3) is 0.231. The molecule has 0 fully saturated rings. The van der Waals surface area contributed by atoms with Crippen molar-refractivity contribution in [2.45, 2.75) is 47.0 Å². The molecule has 3 heterocycles. The van der Waals surface area contributed by atoms with Crippen molar-refractivity contribution in [3.05, 3.63) is 119 Å². The zero-order valence-corrected chi connectivity index (χ0v) is 30.4. The first-order valence-electron chi connectivity index (χ1n) is 16.3. The van der Waals surface area contributed by atoms with Gasteiger partial charge in [0.2, 0.25) is 5.91 Å². The van der Waals surface area contributed by atoms with Crippen LogP contribution in [0.1, 0.15) is 76.8 Å². The highest BCUT2D eigenvalue weighted by molar-refractivity contribution is 6.42. The predicted octanol–water partition coefficient (Wildman–Crippen LogP) is 8.73. The van der Waals surface area contributed by atoms with E-state index < -0.39 is 46.6 Å². The molecule has 0 unspecified atom stereocenters. The second-order valence-electron chi connectivity index (χ2n) is 12.6. The SMILES string of the molecule is CC(=O)c1cccc(C(F)(F)F)c1.CCOC(=O)C(=O)c1cnccc1NC(=O)C(C)(C)C.O=C(O)c1cc(-c2cccc(C(F)(F)F)c2)nc2ccncc12. The van der Waals surface area contributed by atoms with Crippen molar-refractivity contribution in [1.82, 2.24) is 15.0 Å². The minimum atomic E-state index is -4.48. The van der Waals surface area contributed by atoms with Crippen molar-refractivity contribution in [3.63, 3.8) is 0 Å². The van der Waals surface area contributed by atoms with E-state index >= 15 is 0 Å². The highest BCUT2D eigenvalue weighted by Gasteiger charge is 2.32. The molecule has 0 saturated heterocycles. The normalized spacial score (nSPS) is 11.3. The van der Waals surface area contributed by atoms with E-state index in [4.69, 9.17) is 0 Å². The Hall–Kier alpha value is -6.52. The van der Waals surface area contributed by atoms with Crippen LogP contribution in [0.15, 0.2) is 91.5 Å². The van der Waals surface area contributed by atoms with E-state index in [1.807, 2.05) is 0 Å². The van der Waals surface area contributed by atoms with Gasteiger partial charge < -0.3 is 15.2 Å². The van der Waals surface area contributed by atoms with Crippen molar-refractivity contribution >= 4 is 46.0 Å². The molecular formula is C39H34F6N4O7. The lowest BCUT2D eigenvalue weighted by atomic mass is 9.95. The molecule has 0 bridgehead atoms. The second kappa shape index (κ2) is 18.2. The topological polar surface area (TPSA) is 166 Å². The van der Waals surface area contributed by atoms with Gasteiger partial charge in [0.1, 0.15) is 0 Å². The number of Topliss-reactive ketones (excluding diaryl/α,β-unsaturated/α-hetero) is 2. The molecule has 17 heteroatoms. The van der Waals surface area contributed by atoms with Crippen LogP contribution >= 0.6 is 0 Å². The standard InChI is InChI=1S/C16H9F3N2O2.C14H18N2O4.C9H7F3O/c17-16(18,19)10-3-1-2-9(6-10)14-7-11(15(22)23)12-8-20-5-4-13(12)21-14;1-5-20-12(18)11(17)9-8-15-7-6-10(9)16-13(19)14(2,3)4;1-6(13)7-3-2-4-8(5-7)9(10,11)12/h1-8H,(H,22,23);6-8H,5H2,1-4H3,(H,15,16,19);2-5H,1H3. The number of esters is 1. The van der Waals surface area contributed by atoms with Crippen molar-refractivity contribution in [2.24, 2.45) is 5.41 Å². The molecule has 0 aliphatic carbocycles. The first kappa shape index (κ1) is 43.9. The monoisotopic (exact) mass is 784 g/mol. The molecule has 294 valence electrons. The summed E-state index contributed by atoms with van der Waals surface area (Å²) in [7, 11) is 0. The summed E-state index contributed by atoms with van der Waals surface area (Å²) < 4.78 is 79.5. The predicted molar refractivity (Wildman–Crippen MR) is 192 cm³/mol. The molecule has 1 amide bonds. The fourth-order valence-electron chi connectivity index (χ4n) is 4.46. The zero-order chi connectivity index (χ0) is 42.0. The van der Waals surface area contributed by atoms with Crippen LogP contribution in [0.25, 0.3) is 22.2 Å². The third-order valence-electron chi connectivity index (χ3n) is 7.38. The Morgan fingerprint density at radius 1 is 0.768 bits per heavy atom. The number of carbonyl (C=O) groups excluding carboxylic acids is 4. The van der Waals surface area contributed by atoms with Crippen LogP contribution in [0, 0.1) is 5.41 Å². The Bertz CT molecular complexity index is 2250. The molecule has 3 aromatic heterocycles. The molecule has 0 aliphatic heterocycles. The summed E-state index contributed by atoms with van der Waals surface area (Å²) in [6, 6.07) is 13.2. The third kappa shape index (κ3) is 12.0. The van der Waals surface area contributed by atoms with Gasteiger partial charge in [0, 0.05) is 46.7 Å². The first-order valence-corrected chi connectivity index (χ1v) is 16.3. The summed E-state index contributed by atoms with van der Waals surface area (Å²) in [4.78, 5) is 69.4. The van der Waals surface area contributed by atoms with Gasteiger partial charge in [-0.3, -0.25) is 24.4 Å². The summed E-state index contributed by atoms with van der Waals surface area (Å²) in [6.45, 7) is 8.18. The van der Waals surface area contributed by atoms with Gasteiger partial charge in [-0.05, 0) is 56.3 Å². The lowest BCUT2D eigenvalue weighted by Gasteiger charge is -2.18. The largest absolute Gasteiger partial charge is 0.478 e. The molecule has 0 aliphatic rings. The molecule has 0 spiro atoms. The molecule has 0 atom stereocenters. The maximum Gasteiger partial charge on any atom is 0.416 e. The highest BCUT2D eigenvalue weighted by atomic mass is 19.4. The number of nitrogens with one attached hydrogen (secondary N) is 1. The van der Waals surface area contributed by atoms with Crippen molar-refractivity contribution in [2.75, 3.05) is 11.9 Å². The number of benzene rings is 2. The van der Waals surface area contributed by atoms with E-state index in [0.29, 0.717) is 10.9 Å². The number of aromatic nitrogens is 3. The van der Waals surface area contributed by atoms with Crippen LogP contribution in [0.4, 0.5) is 32.0 Å². The molecular weight excluding hydrogens is 750 g/mol. The average Bonchev–Trinajstić information content (AvgIpc) is 3.14. The number of amides is 1. The highest BCUT2D eigenvalue weighted by Crippen LogP contribution is 2.33. The van der Waals surface area contributed by atoms with Gasteiger partial charge in [-0.25, -0.2) is 14.6 Å². The van der Waals surface area contributed by atoms with Crippen LogP contribution < -0.4 is 5.32 Å². The van der Waals surface area contributed by atoms with Crippen LogP contribution in [0.5, 0.6) is 0 Å². The molecule has 11 nitrogen and oxygen atoms in total. The minimum absolute atomic E-state index is 0.0172. The Kier molecular flexibility index (Phi) is 14.3. The number of fused-ring (bicyclic) bond motifs is 1. The number of halogens is 6. The minimum Gasteiger partial charge on any atom is -0.478 e. The van der Waals surface area contributed by atoms with E-state index in [1.165, 1.54) is 74.2 Å². The van der Waals surface area contributed by atoms with Crippen LogP contribution in [-0.2, 0) is 26.7 Å². The number of rotatable bonds is 7. The average molecular weight is 785 g/mol. The Morgan fingerprint density at radius 3 is 1.93 bits per heavy atom. The Morgan fingerprint density at radius 2 is 1.36 bits per heavy atom. The number of alkyl halides is 6. The Labute approximate surface area is 315 Å². The smallest absolute Gasteiger partial charge is 0.416 e. The number of carbonyl (C=O) groups is 5. The van der Waals surface area contributed by atoms with Crippen LogP contribution in [-0.4, -0.2) is 56.1 Å². The molecule has 56 heavy (non-hydrogen) atoms.